The Labute approximate surface area is 161 Å². The van der Waals surface area contributed by atoms with Crippen LogP contribution in [0.3, 0.4) is 0 Å². The Morgan fingerprint density at radius 1 is 0.963 bits per heavy atom. The minimum absolute atomic E-state index is 0.169. The largest absolute Gasteiger partial charge is 0.497 e. The van der Waals surface area contributed by atoms with Crippen molar-refractivity contribution in [1.82, 2.24) is 9.80 Å². The summed E-state index contributed by atoms with van der Waals surface area (Å²) in [6.45, 7) is 6.25. The van der Waals surface area contributed by atoms with Gasteiger partial charge >= 0.3 is 0 Å². The van der Waals surface area contributed by atoms with E-state index in [2.05, 4.69) is 17.0 Å². The number of nitrogens with zero attached hydrogens (tertiary/aromatic N) is 2. The summed E-state index contributed by atoms with van der Waals surface area (Å²) in [6, 6.07) is 14.2. The summed E-state index contributed by atoms with van der Waals surface area (Å²) in [4.78, 5) is 17.1. The molecule has 0 aromatic heterocycles. The topological polar surface area (TPSA) is 42.0 Å². The van der Waals surface area contributed by atoms with Gasteiger partial charge in [-0.1, -0.05) is 29.8 Å². The van der Waals surface area contributed by atoms with Crippen LogP contribution in [0.2, 0.25) is 0 Å². The predicted molar refractivity (Wildman–Crippen MR) is 106 cm³/mol. The van der Waals surface area contributed by atoms with Crippen LogP contribution in [-0.2, 0) is 17.8 Å². The van der Waals surface area contributed by atoms with Gasteiger partial charge in [0.25, 0.3) is 0 Å². The molecule has 1 amide bonds. The van der Waals surface area contributed by atoms with Crippen LogP contribution in [0.15, 0.2) is 42.5 Å². The van der Waals surface area contributed by atoms with Crippen LogP contribution in [0.4, 0.5) is 0 Å². The number of rotatable bonds is 6. The second kappa shape index (κ2) is 8.91. The highest BCUT2D eigenvalue weighted by molar-refractivity contribution is 5.79. The Morgan fingerprint density at radius 3 is 2.30 bits per heavy atom. The van der Waals surface area contributed by atoms with E-state index in [9.17, 15) is 4.79 Å². The Bertz CT molecular complexity index is 766. The summed E-state index contributed by atoms with van der Waals surface area (Å²) in [6.07, 6.45) is 0.392. The molecule has 5 heteroatoms. The Hall–Kier alpha value is -2.53. The maximum Gasteiger partial charge on any atom is 0.227 e. The molecule has 0 aliphatic carbocycles. The van der Waals surface area contributed by atoms with E-state index in [4.69, 9.17) is 9.47 Å². The first kappa shape index (κ1) is 19.2. The zero-order valence-corrected chi connectivity index (χ0v) is 16.4. The van der Waals surface area contributed by atoms with Crippen LogP contribution < -0.4 is 9.47 Å². The molecule has 1 aliphatic heterocycles. The van der Waals surface area contributed by atoms with Crippen LogP contribution in [0.1, 0.15) is 16.7 Å². The van der Waals surface area contributed by atoms with Crippen LogP contribution in [0.25, 0.3) is 0 Å². The van der Waals surface area contributed by atoms with Gasteiger partial charge < -0.3 is 14.4 Å². The second-order valence-corrected chi connectivity index (χ2v) is 7.00. The van der Waals surface area contributed by atoms with Gasteiger partial charge in [0.1, 0.15) is 11.5 Å². The van der Waals surface area contributed by atoms with E-state index in [1.807, 2.05) is 42.2 Å². The SMILES string of the molecule is COc1ccc(CN2CCN(C(=O)Cc3cc(C)ccc3OC)CC2)cc1. The molecule has 2 aromatic carbocycles. The summed E-state index contributed by atoms with van der Waals surface area (Å²) in [5.74, 6) is 1.83. The van der Waals surface area contributed by atoms with Crippen LogP contribution >= 0.6 is 0 Å². The molecule has 27 heavy (non-hydrogen) atoms. The first-order chi connectivity index (χ1) is 13.1. The van der Waals surface area contributed by atoms with Crippen molar-refractivity contribution in [1.29, 1.82) is 0 Å². The predicted octanol–water partition coefficient (Wildman–Crippen LogP) is 2.90. The van der Waals surface area contributed by atoms with Crippen LogP contribution in [0, 0.1) is 6.92 Å². The van der Waals surface area contributed by atoms with Gasteiger partial charge in [-0.25, -0.2) is 0 Å². The summed E-state index contributed by atoms with van der Waals surface area (Å²) in [7, 11) is 3.33. The monoisotopic (exact) mass is 368 g/mol. The summed E-state index contributed by atoms with van der Waals surface area (Å²) < 4.78 is 10.6. The van der Waals surface area contributed by atoms with Gasteiger partial charge in [-0.3, -0.25) is 9.69 Å². The van der Waals surface area contributed by atoms with E-state index in [1.165, 1.54) is 5.56 Å². The Balaban J connectivity index is 1.52. The van der Waals surface area contributed by atoms with Gasteiger partial charge in [0, 0.05) is 38.3 Å². The quantitative estimate of drug-likeness (QED) is 0.786. The highest BCUT2D eigenvalue weighted by atomic mass is 16.5. The number of carbonyl (C=O) groups is 1. The number of ether oxygens (including phenoxy) is 2. The average molecular weight is 368 g/mol. The first-order valence-corrected chi connectivity index (χ1v) is 9.35. The van der Waals surface area contributed by atoms with Crippen LogP contribution in [-0.4, -0.2) is 56.1 Å². The molecule has 0 radical (unpaired) electrons. The molecule has 144 valence electrons. The molecular formula is C22H28N2O3. The third-order valence-electron chi connectivity index (χ3n) is 5.07. The maximum atomic E-state index is 12.7. The van der Waals surface area contributed by atoms with Gasteiger partial charge in [-0.2, -0.15) is 0 Å². The lowest BCUT2D eigenvalue weighted by Crippen LogP contribution is -2.48. The molecule has 1 aliphatic rings. The van der Waals surface area contributed by atoms with Crippen molar-refractivity contribution < 1.29 is 14.3 Å². The summed E-state index contributed by atoms with van der Waals surface area (Å²) in [5.41, 5.74) is 3.37. The fraction of sp³-hybridized carbons (Fsp3) is 0.409. The lowest BCUT2D eigenvalue weighted by molar-refractivity contribution is -0.132. The van der Waals surface area contributed by atoms with Crippen molar-refractivity contribution in [2.75, 3.05) is 40.4 Å². The van der Waals surface area contributed by atoms with Crippen LogP contribution in [0.5, 0.6) is 11.5 Å². The first-order valence-electron chi connectivity index (χ1n) is 9.35. The molecule has 0 saturated carbocycles. The van der Waals surface area contributed by atoms with Crippen molar-refractivity contribution in [2.45, 2.75) is 19.9 Å². The fourth-order valence-corrected chi connectivity index (χ4v) is 3.46. The lowest BCUT2D eigenvalue weighted by atomic mass is 10.1. The zero-order chi connectivity index (χ0) is 19.2. The highest BCUT2D eigenvalue weighted by Gasteiger charge is 2.22. The number of carbonyl (C=O) groups excluding carboxylic acids is 1. The van der Waals surface area contributed by atoms with Crippen molar-refractivity contribution in [3.8, 4) is 11.5 Å². The van der Waals surface area contributed by atoms with Gasteiger partial charge in [0.05, 0.1) is 20.6 Å². The molecule has 1 saturated heterocycles. The molecule has 0 atom stereocenters. The summed E-state index contributed by atoms with van der Waals surface area (Å²) in [5, 5.41) is 0. The van der Waals surface area contributed by atoms with Crippen molar-refractivity contribution in [3.05, 3.63) is 59.2 Å². The van der Waals surface area contributed by atoms with Gasteiger partial charge in [0.15, 0.2) is 0 Å². The van der Waals surface area contributed by atoms with E-state index in [0.717, 1.165) is 55.3 Å². The smallest absolute Gasteiger partial charge is 0.227 e. The minimum Gasteiger partial charge on any atom is -0.497 e. The molecule has 1 fully saturated rings. The standard InChI is InChI=1S/C22H28N2O3/c1-17-4-9-21(27-3)19(14-17)15-22(25)24-12-10-23(11-13-24)16-18-5-7-20(26-2)8-6-18/h4-9,14H,10-13,15-16H2,1-3H3. The van der Waals surface area contributed by atoms with Crippen molar-refractivity contribution in [2.24, 2.45) is 0 Å². The number of hydrogen-bond donors (Lipinski definition) is 0. The number of hydrogen-bond acceptors (Lipinski definition) is 4. The molecule has 2 aromatic rings. The number of benzene rings is 2. The molecule has 0 spiro atoms. The molecule has 5 nitrogen and oxygen atoms in total. The molecule has 0 bridgehead atoms. The highest BCUT2D eigenvalue weighted by Crippen LogP contribution is 2.21. The third kappa shape index (κ3) is 5.01. The number of amides is 1. The molecule has 0 unspecified atom stereocenters. The average Bonchev–Trinajstić information content (AvgIpc) is 2.69. The van der Waals surface area contributed by atoms with Crippen molar-refractivity contribution in [3.63, 3.8) is 0 Å². The zero-order valence-electron chi connectivity index (χ0n) is 16.4. The van der Waals surface area contributed by atoms with E-state index in [-0.39, 0.29) is 5.91 Å². The van der Waals surface area contributed by atoms with E-state index in [1.54, 1.807) is 14.2 Å². The molecule has 1 heterocycles. The number of methoxy groups -OCH3 is 2. The third-order valence-corrected chi connectivity index (χ3v) is 5.07. The number of aryl methyl sites for hydroxylation is 1. The Morgan fingerprint density at radius 2 is 1.67 bits per heavy atom. The second-order valence-electron chi connectivity index (χ2n) is 7.00. The van der Waals surface area contributed by atoms with E-state index < -0.39 is 0 Å². The van der Waals surface area contributed by atoms with Gasteiger partial charge in [-0.15, -0.1) is 0 Å². The fourth-order valence-electron chi connectivity index (χ4n) is 3.46. The minimum atomic E-state index is 0.169. The summed E-state index contributed by atoms with van der Waals surface area (Å²) >= 11 is 0. The Kier molecular flexibility index (Phi) is 6.35. The molecule has 0 N–H and O–H groups in total. The van der Waals surface area contributed by atoms with Gasteiger partial charge in [-0.05, 0) is 30.7 Å². The maximum absolute atomic E-state index is 12.7. The molecular weight excluding hydrogens is 340 g/mol. The van der Waals surface area contributed by atoms with E-state index in [0.29, 0.717) is 6.42 Å². The normalized spacial score (nSPS) is 14.9. The van der Waals surface area contributed by atoms with Crippen molar-refractivity contribution >= 4 is 5.91 Å². The number of piperazine rings is 1. The lowest BCUT2D eigenvalue weighted by Gasteiger charge is -2.35. The van der Waals surface area contributed by atoms with E-state index >= 15 is 0 Å². The van der Waals surface area contributed by atoms with Gasteiger partial charge in [0.2, 0.25) is 5.91 Å². The molecule has 3 rings (SSSR count).